The maximum Gasteiger partial charge on any atom is 0.242 e. The number of nitrogens with zero attached hydrogens (tertiary/aromatic N) is 1. The number of amides is 1. The Hall–Kier alpha value is -1.31. The summed E-state index contributed by atoms with van der Waals surface area (Å²) in [6, 6.07) is 2.80. The zero-order chi connectivity index (χ0) is 15.6. The SMILES string of the molecule is Cc1cc(Cl)c(S(=O)(=O)NCC(=O)N2CCCC2)cc1N. The van der Waals surface area contributed by atoms with Gasteiger partial charge in [0.2, 0.25) is 15.9 Å². The van der Waals surface area contributed by atoms with E-state index < -0.39 is 10.0 Å². The van der Waals surface area contributed by atoms with Gasteiger partial charge in [0.05, 0.1) is 11.6 Å². The van der Waals surface area contributed by atoms with Gasteiger partial charge in [-0.25, -0.2) is 13.1 Å². The van der Waals surface area contributed by atoms with Gasteiger partial charge >= 0.3 is 0 Å². The third-order valence-electron chi connectivity index (χ3n) is 3.48. The Morgan fingerprint density at radius 1 is 1.38 bits per heavy atom. The van der Waals surface area contributed by atoms with E-state index in [0.29, 0.717) is 24.3 Å². The second-order valence-electron chi connectivity index (χ2n) is 5.05. The average molecular weight is 332 g/mol. The lowest BCUT2D eigenvalue weighted by Crippen LogP contribution is -2.38. The van der Waals surface area contributed by atoms with Gasteiger partial charge in [0.25, 0.3) is 0 Å². The molecule has 2 rings (SSSR count). The normalized spacial score (nSPS) is 15.4. The van der Waals surface area contributed by atoms with Crippen LogP contribution in [0.3, 0.4) is 0 Å². The fraction of sp³-hybridized carbons (Fsp3) is 0.462. The first-order valence-electron chi connectivity index (χ1n) is 6.64. The van der Waals surface area contributed by atoms with Crippen LogP contribution < -0.4 is 10.5 Å². The number of nitrogen functional groups attached to an aromatic ring is 1. The molecule has 1 amide bonds. The predicted molar refractivity (Wildman–Crippen MR) is 81.6 cm³/mol. The van der Waals surface area contributed by atoms with E-state index in [1.54, 1.807) is 11.8 Å². The lowest BCUT2D eigenvalue weighted by Gasteiger charge is -2.16. The van der Waals surface area contributed by atoms with Crippen molar-refractivity contribution < 1.29 is 13.2 Å². The van der Waals surface area contributed by atoms with Gasteiger partial charge in [-0.3, -0.25) is 4.79 Å². The molecule has 116 valence electrons. The number of anilines is 1. The minimum Gasteiger partial charge on any atom is -0.398 e. The zero-order valence-electron chi connectivity index (χ0n) is 11.7. The highest BCUT2D eigenvalue weighted by Gasteiger charge is 2.23. The van der Waals surface area contributed by atoms with Crippen molar-refractivity contribution in [2.75, 3.05) is 25.4 Å². The van der Waals surface area contributed by atoms with Crippen LogP contribution >= 0.6 is 11.6 Å². The number of sulfonamides is 1. The quantitative estimate of drug-likeness (QED) is 0.809. The van der Waals surface area contributed by atoms with E-state index in [-0.39, 0.29) is 22.4 Å². The molecule has 0 saturated carbocycles. The fourth-order valence-corrected chi connectivity index (χ4v) is 3.78. The molecule has 0 radical (unpaired) electrons. The summed E-state index contributed by atoms with van der Waals surface area (Å²) in [4.78, 5) is 13.4. The number of likely N-dealkylation sites (tertiary alicyclic amines) is 1. The highest BCUT2D eigenvalue weighted by molar-refractivity contribution is 7.89. The number of nitrogens with one attached hydrogen (secondary N) is 1. The predicted octanol–water partition coefficient (Wildman–Crippen LogP) is 1.13. The summed E-state index contributed by atoms with van der Waals surface area (Å²) in [5.74, 6) is -0.229. The second-order valence-corrected chi connectivity index (χ2v) is 7.19. The Balaban J connectivity index is 2.11. The molecule has 0 atom stereocenters. The van der Waals surface area contributed by atoms with Crippen molar-refractivity contribution in [2.45, 2.75) is 24.7 Å². The van der Waals surface area contributed by atoms with Gasteiger partial charge in [-0.2, -0.15) is 0 Å². The molecule has 1 fully saturated rings. The van der Waals surface area contributed by atoms with Crippen LogP contribution in [0.5, 0.6) is 0 Å². The van der Waals surface area contributed by atoms with E-state index in [1.807, 2.05) is 0 Å². The first-order valence-corrected chi connectivity index (χ1v) is 8.50. The molecule has 8 heteroatoms. The summed E-state index contributed by atoms with van der Waals surface area (Å²) in [6.45, 7) is 2.83. The van der Waals surface area contributed by atoms with Crippen molar-refractivity contribution in [3.8, 4) is 0 Å². The monoisotopic (exact) mass is 331 g/mol. The molecule has 0 unspecified atom stereocenters. The van der Waals surface area contributed by atoms with Crippen LogP contribution in [0, 0.1) is 6.92 Å². The summed E-state index contributed by atoms with van der Waals surface area (Å²) in [5.41, 5.74) is 6.76. The van der Waals surface area contributed by atoms with E-state index in [4.69, 9.17) is 17.3 Å². The zero-order valence-corrected chi connectivity index (χ0v) is 13.3. The molecule has 0 aromatic heterocycles. The van der Waals surface area contributed by atoms with Gasteiger partial charge in [0.1, 0.15) is 4.90 Å². The smallest absolute Gasteiger partial charge is 0.242 e. The summed E-state index contributed by atoms with van der Waals surface area (Å²) < 4.78 is 26.7. The molecule has 1 heterocycles. The van der Waals surface area contributed by atoms with Gasteiger partial charge in [-0.1, -0.05) is 11.6 Å². The van der Waals surface area contributed by atoms with Gasteiger partial charge in [-0.05, 0) is 37.5 Å². The number of carbonyl (C=O) groups is 1. The Morgan fingerprint density at radius 3 is 2.62 bits per heavy atom. The topological polar surface area (TPSA) is 92.5 Å². The van der Waals surface area contributed by atoms with Crippen molar-refractivity contribution in [1.29, 1.82) is 0 Å². The van der Waals surface area contributed by atoms with Gasteiger partial charge in [-0.15, -0.1) is 0 Å². The first kappa shape index (κ1) is 16.1. The molecule has 3 N–H and O–H groups in total. The highest BCUT2D eigenvalue weighted by atomic mass is 35.5. The van der Waals surface area contributed by atoms with Crippen LogP contribution in [0.4, 0.5) is 5.69 Å². The molecular formula is C13H18ClN3O3S. The Labute approximate surface area is 129 Å². The number of benzene rings is 1. The highest BCUT2D eigenvalue weighted by Crippen LogP contribution is 2.26. The number of carbonyl (C=O) groups excluding carboxylic acids is 1. The molecule has 1 aromatic rings. The van der Waals surface area contributed by atoms with Crippen LogP contribution in [-0.2, 0) is 14.8 Å². The second kappa shape index (κ2) is 6.21. The van der Waals surface area contributed by atoms with Crippen molar-refractivity contribution in [3.05, 3.63) is 22.7 Å². The van der Waals surface area contributed by atoms with Gasteiger partial charge in [0, 0.05) is 18.8 Å². The number of halogens is 1. The van der Waals surface area contributed by atoms with E-state index in [1.165, 1.54) is 12.1 Å². The van der Waals surface area contributed by atoms with E-state index in [9.17, 15) is 13.2 Å². The number of aryl methyl sites for hydroxylation is 1. The van der Waals surface area contributed by atoms with E-state index >= 15 is 0 Å². The molecule has 0 aliphatic carbocycles. The number of nitrogens with two attached hydrogens (primary N) is 1. The van der Waals surface area contributed by atoms with Crippen LogP contribution in [-0.4, -0.2) is 38.9 Å². The third-order valence-corrected chi connectivity index (χ3v) is 5.35. The van der Waals surface area contributed by atoms with Crippen molar-refractivity contribution in [1.82, 2.24) is 9.62 Å². The summed E-state index contributed by atoms with van der Waals surface area (Å²) in [6.07, 6.45) is 1.91. The van der Waals surface area contributed by atoms with E-state index in [0.717, 1.165) is 12.8 Å². The van der Waals surface area contributed by atoms with Crippen molar-refractivity contribution >= 4 is 33.2 Å². The Kier molecular flexibility index (Phi) is 4.75. The van der Waals surface area contributed by atoms with Crippen LogP contribution in [0.2, 0.25) is 5.02 Å². The molecule has 1 aliphatic heterocycles. The average Bonchev–Trinajstić information content (AvgIpc) is 2.94. The number of rotatable bonds is 4. The van der Waals surface area contributed by atoms with Crippen molar-refractivity contribution in [3.63, 3.8) is 0 Å². The molecule has 6 nitrogen and oxygen atoms in total. The maximum atomic E-state index is 12.2. The van der Waals surface area contributed by atoms with Crippen LogP contribution in [0.25, 0.3) is 0 Å². The standard InChI is InChI=1S/C13H18ClN3O3S/c1-9-6-10(14)12(7-11(9)15)21(19,20)16-8-13(18)17-4-2-3-5-17/h6-7,16H,2-5,8,15H2,1H3. The first-order chi connectivity index (χ1) is 9.81. The van der Waals surface area contributed by atoms with Crippen LogP contribution in [0.1, 0.15) is 18.4 Å². The molecule has 1 saturated heterocycles. The van der Waals surface area contributed by atoms with Crippen LogP contribution in [0.15, 0.2) is 17.0 Å². The van der Waals surface area contributed by atoms with E-state index in [2.05, 4.69) is 4.72 Å². The molecule has 0 bridgehead atoms. The maximum absolute atomic E-state index is 12.2. The minimum absolute atomic E-state index is 0.0859. The Morgan fingerprint density at radius 2 is 2.00 bits per heavy atom. The minimum atomic E-state index is -3.86. The Bertz CT molecular complexity index is 655. The van der Waals surface area contributed by atoms with Crippen molar-refractivity contribution in [2.24, 2.45) is 0 Å². The largest absolute Gasteiger partial charge is 0.398 e. The number of hydrogen-bond acceptors (Lipinski definition) is 4. The third kappa shape index (κ3) is 3.66. The summed E-state index contributed by atoms with van der Waals surface area (Å²) >= 11 is 5.96. The summed E-state index contributed by atoms with van der Waals surface area (Å²) in [7, 11) is -3.86. The van der Waals surface area contributed by atoms with Gasteiger partial charge < -0.3 is 10.6 Å². The number of hydrogen-bond donors (Lipinski definition) is 2. The van der Waals surface area contributed by atoms with Gasteiger partial charge in [0.15, 0.2) is 0 Å². The molecule has 21 heavy (non-hydrogen) atoms. The lowest BCUT2D eigenvalue weighted by molar-refractivity contribution is -0.128. The fourth-order valence-electron chi connectivity index (χ4n) is 2.19. The molecule has 1 aromatic carbocycles. The molecule has 1 aliphatic rings. The summed E-state index contributed by atoms with van der Waals surface area (Å²) in [5, 5.41) is 0.0859. The lowest BCUT2D eigenvalue weighted by atomic mass is 10.2. The molecular weight excluding hydrogens is 314 g/mol. The molecule has 0 spiro atoms.